The maximum Gasteiger partial charge on any atom is 0.142 e. The van der Waals surface area contributed by atoms with Crippen LogP contribution in [0.5, 0.6) is 0 Å². The highest BCUT2D eigenvalue weighted by Gasteiger charge is 2.42. The molecular weight excluding hydrogens is 504 g/mol. The van der Waals surface area contributed by atoms with Crippen LogP contribution in [0.25, 0.3) is 5.57 Å². The zero-order valence-corrected chi connectivity index (χ0v) is 23.0. The number of likely N-dealkylation sites (tertiary alicyclic amines) is 1. The second kappa shape index (κ2) is 9.38. The van der Waals surface area contributed by atoms with Gasteiger partial charge in [-0.3, -0.25) is 0 Å². The number of piperidine rings is 1. The molecule has 0 saturated carbocycles. The molecule has 8 nitrogen and oxygen atoms in total. The SMILES string of the molecule is CN(C)Cc1nc2c(s1)CC1(CCN(C3=C\C=N/C4=C(c5ccnc(N)c5Cl)C=C\C(=N\3)N4C)CC1)C2. The van der Waals surface area contributed by atoms with Crippen molar-refractivity contribution in [3.05, 3.63) is 68.3 Å². The summed E-state index contributed by atoms with van der Waals surface area (Å²) in [7, 11) is 6.19. The summed E-state index contributed by atoms with van der Waals surface area (Å²) in [5.74, 6) is 2.89. The third-order valence-corrected chi connectivity index (χ3v) is 9.14. The molecule has 2 aromatic heterocycles. The number of likely N-dealkylation sites (N-methyl/N-ethyl adjacent to an activating group) is 1. The fourth-order valence-corrected chi connectivity index (χ4v) is 7.25. The average Bonchev–Trinajstić information content (AvgIpc) is 3.37. The van der Waals surface area contributed by atoms with E-state index < -0.39 is 0 Å². The number of thiazole rings is 1. The van der Waals surface area contributed by atoms with Gasteiger partial charge in [0.15, 0.2) is 0 Å². The van der Waals surface area contributed by atoms with Crippen LogP contribution in [0.1, 0.15) is 34.0 Å². The molecule has 0 aromatic carbocycles. The number of amidine groups is 1. The van der Waals surface area contributed by atoms with Crippen molar-refractivity contribution < 1.29 is 0 Å². The average molecular weight is 535 g/mol. The van der Waals surface area contributed by atoms with Crippen molar-refractivity contribution in [1.82, 2.24) is 24.7 Å². The Labute approximate surface area is 226 Å². The first kappa shape index (κ1) is 24.3. The lowest BCUT2D eigenvalue weighted by molar-refractivity contribution is 0.135. The molecule has 0 amide bonds. The third-order valence-electron chi connectivity index (χ3n) is 7.66. The van der Waals surface area contributed by atoms with E-state index in [1.54, 1.807) is 6.20 Å². The standard InChI is InChI=1S/C27H31ClN8S/c1-34(2)16-23-32-19-14-27(15-20(19)37-23)8-12-36(13-9-27)22-7-11-31-26-18(4-5-21(33-22)35(26)3)17-6-10-30-25(29)24(17)28/h4-7,10-11H,8-9,12-16H2,1-3H3,(H2,29,30)/b11-7?,22-7-,31-11-,31-26?,33-21-,33-22?. The second-order valence-electron chi connectivity index (χ2n) is 10.5. The molecule has 0 radical (unpaired) electrons. The number of hydrogen-bond donors (Lipinski definition) is 1. The van der Waals surface area contributed by atoms with E-state index in [2.05, 4.69) is 28.9 Å². The fraction of sp³-hybridized carbons (Fsp3) is 0.407. The summed E-state index contributed by atoms with van der Waals surface area (Å²) in [6.07, 6.45) is 14.1. The third kappa shape index (κ3) is 4.49. The zero-order valence-electron chi connectivity index (χ0n) is 21.4. The van der Waals surface area contributed by atoms with Gasteiger partial charge in [0.1, 0.15) is 28.3 Å². The van der Waals surface area contributed by atoms with Gasteiger partial charge in [0.2, 0.25) is 0 Å². The zero-order chi connectivity index (χ0) is 25.7. The van der Waals surface area contributed by atoms with Gasteiger partial charge >= 0.3 is 0 Å². The van der Waals surface area contributed by atoms with E-state index in [1.165, 1.54) is 22.0 Å². The number of aliphatic imine (C=N–C) groups is 2. The summed E-state index contributed by atoms with van der Waals surface area (Å²) >= 11 is 8.38. The minimum absolute atomic E-state index is 0.310. The molecule has 10 heteroatoms. The van der Waals surface area contributed by atoms with Gasteiger partial charge in [-0.05, 0) is 69.5 Å². The first-order valence-corrected chi connectivity index (χ1v) is 13.8. The summed E-state index contributed by atoms with van der Waals surface area (Å²) in [6.45, 7) is 2.91. The molecule has 2 aromatic rings. The highest BCUT2D eigenvalue weighted by atomic mass is 35.5. The number of nitrogens with two attached hydrogens (primary N) is 1. The predicted molar refractivity (Wildman–Crippen MR) is 152 cm³/mol. The maximum atomic E-state index is 6.47. The maximum absolute atomic E-state index is 6.47. The molecule has 192 valence electrons. The molecule has 1 saturated heterocycles. The molecule has 0 unspecified atom stereocenters. The molecule has 3 aliphatic heterocycles. The largest absolute Gasteiger partial charge is 0.382 e. The first-order chi connectivity index (χ1) is 17.8. The molecule has 1 fully saturated rings. The Morgan fingerprint density at radius 1 is 1.19 bits per heavy atom. The number of nitrogen functional groups attached to an aromatic ring is 1. The Bertz CT molecular complexity index is 1370. The fourth-order valence-electron chi connectivity index (χ4n) is 5.66. The summed E-state index contributed by atoms with van der Waals surface area (Å²) < 4.78 is 0. The van der Waals surface area contributed by atoms with Crippen LogP contribution in [0, 0.1) is 5.41 Å². The van der Waals surface area contributed by atoms with Crippen molar-refractivity contribution >= 4 is 46.4 Å². The van der Waals surface area contributed by atoms with Gasteiger partial charge in [0.05, 0.1) is 10.7 Å². The van der Waals surface area contributed by atoms with Crippen LogP contribution >= 0.6 is 22.9 Å². The lowest BCUT2D eigenvalue weighted by atomic mass is 9.76. The summed E-state index contributed by atoms with van der Waals surface area (Å²) in [5, 5.41) is 1.68. The minimum atomic E-state index is 0.310. The van der Waals surface area contributed by atoms with Gasteiger partial charge in [-0.2, -0.15) is 0 Å². The molecule has 37 heavy (non-hydrogen) atoms. The minimum Gasteiger partial charge on any atom is -0.382 e. The van der Waals surface area contributed by atoms with E-state index in [0.717, 1.165) is 67.5 Å². The van der Waals surface area contributed by atoms with Crippen molar-refractivity contribution in [3.63, 3.8) is 0 Å². The number of hydrogen-bond acceptors (Lipinski definition) is 9. The van der Waals surface area contributed by atoms with E-state index in [4.69, 9.17) is 32.3 Å². The van der Waals surface area contributed by atoms with E-state index in [-0.39, 0.29) is 0 Å². The predicted octanol–water partition coefficient (Wildman–Crippen LogP) is 4.21. The number of aromatic nitrogens is 2. The molecule has 2 bridgehead atoms. The highest BCUT2D eigenvalue weighted by molar-refractivity contribution is 7.11. The van der Waals surface area contributed by atoms with Crippen LogP contribution in [-0.4, -0.2) is 71.0 Å². The Hall–Kier alpha value is -3.01. The Kier molecular flexibility index (Phi) is 6.17. The van der Waals surface area contributed by atoms with Gasteiger partial charge in [-0.25, -0.2) is 20.0 Å². The van der Waals surface area contributed by atoms with Gasteiger partial charge in [-0.1, -0.05) is 11.6 Å². The van der Waals surface area contributed by atoms with E-state index >= 15 is 0 Å². The quantitative estimate of drug-likeness (QED) is 0.632. The Balaban J connectivity index is 1.19. The number of halogens is 1. The Morgan fingerprint density at radius 3 is 2.76 bits per heavy atom. The lowest BCUT2D eigenvalue weighted by Gasteiger charge is -2.40. The van der Waals surface area contributed by atoms with Crippen LogP contribution in [-0.2, 0) is 19.4 Å². The number of anilines is 1. The van der Waals surface area contributed by atoms with Gasteiger partial charge < -0.3 is 20.4 Å². The monoisotopic (exact) mass is 534 g/mol. The van der Waals surface area contributed by atoms with Crippen molar-refractivity contribution in [2.75, 3.05) is 40.0 Å². The van der Waals surface area contributed by atoms with Gasteiger partial charge in [0, 0.05) is 55.1 Å². The first-order valence-electron chi connectivity index (χ1n) is 12.6. The topological polar surface area (TPSA) is 86.2 Å². The molecule has 4 aliphatic rings. The van der Waals surface area contributed by atoms with E-state index in [9.17, 15) is 0 Å². The van der Waals surface area contributed by atoms with Crippen LogP contribution in [0.15, 0.2) is 52.1 Å². The molecular formula is C27H31ClN8S. The number of allylic oxidation sites excluding steroid dienone is 3. The van der Waals surface area contributed by atoms with Crippen molar-refractivity contribution in [2.24, 2.45) is 15.4 Å². The number of pyridine rings is 1. The summed E-state index contributed by atoms with van der Waals surface area (Å²) in [5.41, 5.74) is 9.34. The molecule has 6 rings (SSSR count). The summed E-state index contributed by atoms with van der Waals surface area (Å²) in [4.78, 5) is 27.0. The van der Waals surface area contributed by atoms with E-state index in [1.807, 2.05) is 53.8 Å². The number of rotatable bonds is 4. The van der Waals surface area contributed by atoms with Crippen LogP contribution in [0.4, 0.5) is 5.82 Å². The molecule has 1 aliphatic carbocycles. The van der Waals surface area contributed by atoms with Crippen LogP contribution < -0.4 is 5.73 Å². The Morgan fingerprint density at radius 2 is 2.00 bits per heavy atom. The van der Waals surface area contributed by atoms with Crippen LogP contribution in [0.3, 0.4) is 0 Å². The van der Waals surface area contributed by atoms with Gasteiger partial charge in [-0.15, -0.1) is 11.3 Å². The molecule has 0 atom stereocenters. The van der Waals surface area contributed by atoms with Crippen molar-refractivity contribution in [1.29, 1.82) is 0 Å². The van der Waals surface area contributed by atoms with Crippen LogP contribution in [0.2, 0.25) is 5.02 Å². The van der Waals surface area contributed by atoms with Crippen molar-refractivity contribution in [3.8, 4) is 0 Å². The lowest BCUT2D eigenvalue weighted by Crippen LogP contribution is -2.40. The van der Waals surface area contributed by atoms with Gasteiger partial charge in [0.25, 0.3) is 0 Å². The number of fused-ring (bicyclic) bond motifs is 3. The smallest absolute Gasteiger partial charge is 0.142 e. The normalized spacial score (nSPS) is 24.0. The molecule has 5 heterocycles. The van der Waals surface area contributed by atoms with E-state index in [0.29, 0.717) is 16.3 Å². The second-order valence-corrected chi connectivity index (χ2v) is 12.1. The highest BCUT2D eigenvalue weighted by Crippen LogP contribution is 2.47. The molecule has 1 spiro atoms. The summed E-state index contributed by atoms with van der Waals surface area (Å²) in [6, 6.07) is 1.86. The molecule has 2 N–H and O–H groups in total. The number of nitrogens with zero attached hydrogens (tertiary/aromatic N) is 7. The van der Waals surface area contributed by atoms with Crippen molar-refractivity contribution in [2.45, 2.75) is 32.2 Å².